The Hall–Kier alpha value is -2.58. The van der Waals surface area contributed by atoms with Crippen LogP contribution in [0.2, 0.25) is 0 Å². The third-order valence-corrected chi connectivity index (χ3v) is 6.34. The highest BCUT2D eigenvalue weighted by molar-refractivity contribution is 9.10. The Balaban J connectivity index is 1.67. The predicted octanol–water partition coefficient (Wildman–Crippen LogP) is 4.44. The van der Waals surface area contributed by atoms with E-state index in [4.69, 9.17) is 10.3 Å². The average molecular weight is 457 g/mol. The molecule has 0 atom stereocenters. The average Bonchev–Trinajstić information content (AvgIpc) is 3.04. The fourth-order valence-electron chi connectivity index (χ4n) is 2.99. The highest BCUT2D eigenvalue weighted by Crippen LogP contribution is 2.31. The number of rotatable bonds is 4. The van der Waals surface area contributed by atoms with Crippen molar-refractivity contribution in [2.75, 3.05) is 5.84 Å². The van der Waals surface area contributed by atoms with E-state index in [2.05, 4.69) is 26.1 Å². The smallest absolute Gasteiger partial charge is 0.336 e. The SMILES string of the molecule is Cc1ccc2c(CSc3nnc(-c4ccccc4Br)n3N)cc(=O)oc2c1C. The van der Waals surface area contributed by atoms with Gasteiger partial charge in [-0.1, -0.05) is 52.0 Å². The summed E-state index contributed by atoms with van der Waals surface area (Å²) in [5.74, 6) is 7.32. The number of hydrogen-bond donors (Lipinski definition) is 1. The molecule has 2 N–H and O–H groups in total. The summed E-state index contributed by atoms with van der Waals surface area (Å²) in [6, 6.07) is 13.2. The lowest BCUT2D eigenvalue weighted by Crippen LogP contribution is -2.12. The van der Waals surface area contributed by atoms with Crippen LogP contribution in [0.4, 0.5) is 0 Å². The summed E-state index contributed by atoms with van der Waals surface area (Å²) in [5.41, 5.74) is 4.07. The van der Waals surface area contributed by atoms with Crippen LogP contribution in [0.15, 0.2) is 61.3 Å². The maximum Gasteiger partial charge on any atom is 0.336 e. The van der Waals surface area contributed by atoms with Crippen molar-refractivity contribution >= 4 is 38.7 Å². The molecule has 0 spiro atoms. The number of halogens is 1. The molecule has 4 rings (SSSR count). The van der Waals surface area contributed by atoms with Gasteiger partial charge in [0.15, 0.2) is 5.82 Å². The van der Waals surface area contributed by atoms with Crippen molar-refractivity contribution in [1.29, 1.82) is 0 Å². The zero-order valence-corrected chi connectivity index (χ0v) is 17.7. The molecule has 2 heterocycles. The maximum atomic E-state index is 12.0. The Morgan fingerprint density at radius 3 is 2.75 bits per heavy atom. The summed E-state index contributed by atoms with van der Waals surface area (Å²) in [6.45, 7) is 3.95. The Bertz CT molecular complexity index is 1250. The lowest BCUT2D eigenvalue weighted by Gasteiger charge is -2.09. The standard InChI is InChI=1S/C20H17BrN4O2S/c1-11-7-8-14-13(9-17(26)27-18(14)12(11)2)10-28-20-24-23-19(25(20)22)15-5-3-4-6-16(15)21/h3-9H,10,22H2,1-2H3. The molecule has 0 aliphatic heterocycles. The van der Waals surface area contributed by atoms with E-state index in [1.54, 1.807) is 0 Å². The molecule has 2 aromatic carbocycles. The number of benzene rings is 2. The quantitative estimate of drug-likeness (QED) is 0.277. The minimum absolute atomic E-state index is 0.361. The van der Waals surface area contributed by atoms with Crippen molar-refractivity contribution in [1.82, 2.24) is 14.9 Å². The topological polar surface area (TPSA) is 86.9 Å². The van der Waals surface area contributed by atoms with Gasteiger partial charge in [-0.3, -0.25) is 0 Å². The van der Waals surface area contributed by atoms with Gasteiger partial charge in [0.2, 0.25) is 5.16 Å². The Morgan fingerprint density at radius 1 is 1.18 bits per heavy atom. The lowest BCUT2D eigenvalue weighted by molar-refractivity contribution is 0.557. The summed E-state index contributed by atoms with van der Waals surface area (Å²) in [5, 5.41) is 9.92. The van der Waals surface area contributed by atoms with Gasteiger partial charge in [-0.05, 0) is 42.7 Å². The van der Waals surface area contributed by atoms with Crippen molar-refractivity contribution in [3.63, 3.8) is 0 Å². The van der Waals surface area contributed by atoms with Crippen LogP contribution in [-0.2, 0) is 5.75 Å². The summed E-state index contributed by atoms with van der Waals surface area (Å²) >= 11 is 4.93. The number of nitrogen functional groups attached to an aromatic ring is 1. The molecule has 4 aromatic rings. The molecule has 0 saturated heterocycles. The summed E-state index contributed by atoms with van der Waals surface area (Å²) in [4.78, 5) is 12.0. The first-order valence-corrected chi connectivity index (χ1v) is 10.3. The van der Waals surface area contributed by atoms with Gasteiger partial charge in [0, 0.05) is 27.2 Å². The zero-order valence-electron chi connectivity index (χ0n) is 15.3. The molecular weight excluding hydrogens is 440 g/mol. The van der Waals surface area contributed by atoms with Crippen LogP contribution in [-0.4, -0.2) is 14.9 Å². The minimum atomic E-state index is -0.361. The van der Waals surface area contributed by atoms with Gasteiger partial charge in [-0.25, -0.2) is 9.47 Å². The second-order valence-corrected chi connectivity index (χ2v) is 8.22. The van der Waals surface area contributed by atoms with E-state index in [0.29, 0.717) is 22.3 Å². The third kappa shape index (κ3) is 3.33. The lowest BCUT2D eigenvalue weighted by atomic mass is 10.0. The van der Waals surface area contributed by atoms with E-state index in [1.165, 1.54) is 22.5 Å². The van der Waals surface area contributed by atoms with Crippen LogP contribution in [0.1, 0.15) is 16.7 Å². The van der Waals surface area contributed by atoms with Crippen LogP contribution in [0.3, 0.4) is 0 Å². The number of fused-ring (bicyclic) bond motifs is 1. The first-order chi connectivity index (χ1) is 13.5. The molecule has 0 radical (unpaired) electrons. The van der Waals surface area contributed by atoms with E-state index < -0.39 is 0 Å². The van der Waals surface area contributed by atoms with Crippen LogP contribution in [0.5, 0.6) is 0 Å². The maximum absolute atomic E-state index is 12.0. The molecular formula is C20H17BrN4O2S. The minimum Gasteiger partial charge on any atom is -0.422 e. The molecule has 0 fully saturated rings. The van der Waals surface area contributed by atoms with Crippen molar-refractivity contribution in [3.05, 3.63) is 74.0 Å². The van der Waals surface area contributed by atoms with Gasteiger partial charge in [0.25, 0.3) is 0 Å². The number of hydrogen-bond acceptors (Lipinski definition) is 6. The molecule has 0 aliphatic rings. The van der Waals surface area contributed by atoms with E-state index in [1.807, 2.05) is 50.2 Å². The molecule has 0 saturated carbocycles. The second kappa shape index (κ2) is 7.44. The van der Waals surface area contributed by atoms with Crippen LogP contribution >= 0.6 is 27.7 Å². The van der Waals surface area contributed by atoms with E-state index in [-0.39, 0.29) is 5.63 Å². The van der Waals surface area contributed by atoms with Gasteiger partial charge in [0.05, 0.1) is 0 Å². The largest absolute Gasteiger partial charge is 0.422 e. The van der Waals surface area contributed by atoms with Gasteiger partial charge in [-0.2, -0.15) is 0 Å². The molecule has 0 aliphatic carbocycles. The number of nitrogens with zero attached hydrogens (tertiary/aromatic N) is 3. The molecule has 0 bridgehead atoms. The fraction of sp³-hybridized carbons (Fsp3) is 0.150. The highest BCUT2D eigenvalue weighted by atomic mass is 79.9. The van der Waals surface area contributed by atoms with Gasteiger partial charge >= 0.3 is 5.63 Å². The van der Waals surface area contributed by atoms with E-state index in [0.717, 1.165) is 32.1 Å². The first-order valence-electron chi connectivity index (χ1n) is 8.57. The van der Waals surface area contributed by atoms with Crippen molar-refractivity contribution in [2.24, 2.45) is 0 Å². The van der Waals surface area contributed by atoms with Gasteiger partial charge in [0.1, 0.15) is 5.58 Å². The highest BCUT2D eigenvalue weighted by Gasteiger charge is 2.16. The Kier molecular flexibility index (Phi) is 4.99. The fourth-order valence-corrected chi connectivity index (χ4v) is 4.30. The summed E-state index contributed by atoms with van der Waals surface area (Å²) in [6.07, 6.45) is 0. The molecule has 28 heavy (non-hydrogen) atoms. The molecule has 142 valence electrons. The predicted molar refractivity (Wildman–Crippen MR) is 115 cm³/mol. The molecule has 8 heteroatoms. The van der Waals surface area contributed by atoms with Crippen molar-refractivity contribution in [3.8, 4) is 11.4 Å². The molecule has 2 aromatic heterocycles. The van der Waals surface area contributed by atoms with Gasteiger partial charge < -0.3 is 10.3 Å². The van der Waals surface area contributed by atoms with Crippen LogP contribution in [0, 0.1) is 13.8 Å². The van der Waals surface area contributed by atoms with Gasteiger partial charge in [-0.15, -0.1) is 10.2 Å². The Morgan fingerprint density at radius 2 is 1.96 bits per heavy atom. The zero-order chi connectivity index (χ0) is 19.8. The number of aromatic nitrogens is 3. The third-order valence-electron chi connectivity index (χ3n) is 4.65. The van der Waals surface area contributed by atoms with E-state index >= 15 is 0 Å². The molecule has 6 nitrogen and oxygen atoms in total. The monoisotopic (exact) mass is 456 g/mol. The normalized spacial score (nSPS) is 11.2. The second-order valence-electron chi connectivity index (χ2n) is 6.42. The molecule has 0 amide bonds. The number of nitrogens with two attached hydrogens (primary N) is 1. The van der Waals surface area contributed by atoms with Crippen molar-refractivity contribution in [2.45, 2.75) is 24.8 Å². The van der Waals surface area contributed by atoms with Crippen LogP contribution < -0.4 is 11.5 Å². The Labute approximate surface area is 173 Å². The molecule has 0 unspecified atom stereocenters. The number of thioether (sulfide) groups is 1. The van der Waals surface area contributed by atoms with Crippen molar-refractivity contribution < 1.29 is 4.42 Å². The number of aryl methyl sites for hydroxylation is 2. The summed E-state index contributed by atoms with van der Waals surface area (Å²) < 4.78 is 7.79. The first kappa shape index (κ1) is 18.8. The van der Waals surface area contributed by atoms with E-state index in [9.17, 15) is 4.79 Å². The van der Waals surface area contributed by atoms with Crippen LogP contribution in [0.25, 0.3) is 22.4 Å². The summed E-state index contributed by atoms with van der Waals surface area (Å²) in [7, 11) is 0.